The van der Waals surface area contributed by atoms with E-state index in [0.29, 0.717) is 36.7 Å². The molecule has 3 heterocycles. The Kier molecular flexibility index (Phi) is 4.95. The molecule has 0 radical (unpaired) electrons. The van der Waals surface area contributed by atoms with Crippen molar-refractivity contribution in [3.63, 3.8) is 0 Å². The highest BCUT2D eigenvalue weighted by atomic mass is 32.2. The van der Waals surface area contributed by atoms with Gasteiger partial charge in [0.05, 0.1) is 6.04 Å². The van der Waals surface area contributed by atoms with E-state index in [2.05, 4.69) is 6.08 Å². The minimum absolute atomic E-state index is 0.00648. The largest absolute Gasteiger partial charge is 0.449 e. The molecule has 2 saturated heterocycles. The number of thiophene rings is 1. The van der Waals surface area contributed by atoms with Crippen molar-refractivity contribution in [2.45, 2.75) is 36.1 Å². The number of carbonyl (C=O) groups is 1. The highest BCUT2D eigenvalue weighted by Gasteiger charge is 2.43. The SMILES string of the molecule is CC1=CC=CC2COC(=O)N(C3CCN(S(=O)(=O)c4cc5ccccc5s4)CC3)C12. The predicted octanol–water partition coefficient (Wildman–Crippen LogP) is 4.01. The van der Waals surface area contributed by atoms with Crippen molar-refractivity contribution in [3.05, 3.63) is 54.1 Å². The summed E-state index contributed by atoms with van der Waals surface area (Å²) in [5, 5.41) is 0.950. The third kappa shape index (κ3) is 3.27. The summed E-state index contributed by atoms with van der Waals surface area (Å²) in [5.74, 6) is 0.160. The summed E-state index contributed by atoms with van der Waals surface area (Å²) >= 11 is 1.31. The lowest BCUT2D eigenvalue weighted by Gasteiger charge is -2.47. The Morgan fingerprint density at radius 2 is 1.93 bits per heavy atom. The van der Waals surface area contributed by atoms with E-state index in [1.807, 2.05) is 48.2 Å². The number of rotatable bonds is 3. The molecule has 158 valence electrons. The lowest BCUT2D eigenvalue weighted by atomic mass is 9.86. The van der Waals surface area contributed by atoms with Gasteiger partial charge < -0.3 is 4.74 Å². The summed E-state index contributed by atoms with van der Waals surface area (Å²) in [5.41, 5.74) is 1.15. The average Bonchev–Trinajstić information content (AvgIpc) is 3.20. The molecule has 2 atom stereocenters. The third-order valence-corrected chi connectivity index (χ3v) is 9.78. The molecule has 0 bridgehead atoms. The number of cyclic esters (lactones) is 1. The van der Waals surface area contributed by atoms with Crippen LogP contribution in [0, 0.1) is 5.92 Å². The first-order valence-corrected chi connectivity index (χ1v) is 12.5. The van der Waals surface area contributed by atoms with Crippen molar-refractivity contribution >= 4 is 37.5 Å². The topological polar surface area (TPSA) is 66.9 Å². The lowest BCUT2D eigenvalue weighted by molar-refractivity contribution is 0.00288. The number of hydrogen-bond donors (Lipinski definition) is 0. The maximum absolute atomic E-state index is 13.2. The molecule has 1 aliphatic carbocycles. The second-order valence-electron chi connectivity index (χ2n) is 8.13. The van der Waals surface area contributed by atoms with Crippen molar-refractivity contribution in [1.29, 1.82) is 0 Å². The molecule has 2 fully saturated rings. The Morgan fingerprint density at radius 1 is 1.17 bits per heavy atom. The molecular formula is C22H24N2O4S2. The van der Waals surface area contributed by atoms with Crippen molar-refractivity contribution in [2.24, 2.45) is 5.92 Å². The van der Waals surface area contributed by atoms with Gasteiger partial charge in [0, 0.05) is 29.7 Å². The highest BCUT2D eigenvalue weighted by Crippen LogP contribution is 2.36. The van der Waals surface area contributed by atoms with Crippen LogP contribution in [0.3, 0.4) is 0 Å². The number of sulfonamides is 1. The highest BCUT2D eigenvalue weighted by molar-refractivity contribution is 7.91. The number of ether oxygens (including phenoxy) is 1. The Morgan fingerprint density at radius 3 is 2.70 bits per heavy atom. The van der Waals surface area contributed by atoms with Gasteiger partial charge in [-0.3, -0.25) is 4.90 Å². The molecule has 1 aromatic heterocycles. The van der Waals surface area contributed by atoms with Crippen LogP contribution < -0.4 is 0 Å². The van der Waals surface area contributed by atoms with Crippen LogP contribution in [0.15, 0.2) is 58.3 Å². The number of hydrogen-bond acceptors (Lipinski definition) is 5. The van der Waals surface area contributed by atoms with Crippen LogP contribution in [0.4, 0.5) is 4.79 Å². The Bertz CT molecular complexity index is 1110. The van der Waals surface area contributed by atoms with Crippen molar-refractivity contribution < 1.29 is 17.9 Å². The minimum Gasteiger partial charge on any atom is -0.449 e. The van der Waals surface area contributed by atoms with Crippen LogP contribution in [0.2, 0.25) is 0 Å². The van der Waals surface area contributed by atoms with Crippen LogP contribution >= 0.6 is 11.3 Å². The number of nitrogens with zero attached hydrogens (tertiary/aromatic N) is 2. The molecular weight excluding hydrogens is 420 g/mol. The molecule has 1 amide bonds. The summed E-state index contributed by atoms with van der Waals surface area (Å²) in [6, 6.07) is 9.46. The number of carbonyl (C=O) groups excluding carboxylic acids is 1. The molecule has 1 aromatic carbocycles. The average molecular weight is 445 g/mol. The molecule has 8 heteroatoms. The molecule has 30 heavy (non-hydrogen) atoms. The van der Waals surface area contributed by atoms with Crippen LogP contribution in [0.5, 0.6) is 0 Å². The summed E-state index contributed by atoms with van der Waals surface area (Å²) in [6.45, 7) is 3.26. The molecule has 5 rings (SSSR count). The zero-order chi connectivity index (χ0) is 20.9. The molecule has 2 aromatic rings. The number of piperidine rings is 1. The molecule has 0 N–H and O–H groups in total. The van der Waals surface area contributed by atoms with Crippen molar-refractivity contribution in [2.75, 3.05) is 19.7 Å². The molecule has 3 aliphatic rings. The second kappa shape index (κ2) is 7.51. The van der Waals surface area contributed by atoms with Gasteiger partial charge in [-0.1, -0.05) is 42.0 Å². The maximum atomic E-state index is 13.2. The van der Waals surface area contributed by atoms with Gasteiger partial charge in [-0.2, -0.15) is 4.31 Å². The number of amides is 1. The molecule has 0 spiro atoms. The van der Waals surface area contributed by atoms with Crippen molar-refractivity contribution in [3.8, 4) is 0 Å². The Hall–Kier alpha value is -2.16. The summed E-state index contributed by atoms with van der Waals surface area (Å²) in [6.07, 6.45) is 7.10. The van der Waals surface area contributed by atoms with E-state index in [-0.39, 0.29) is 24.1 Å². The summed E-state index contributed by atoms with van der Waals surface area (Å²) in [7, 11) is -3.53. The van der Waals surface area contributed by atoms with Gasteiger partial charge in [0.2, 0.25) is 0 Å². The smallest absolute Gasteiger partial charge is 0.410 e. The van der Waals surface area contributed by atoms with E-state index < -0.39 is 10.0 Å². The summed E-state index contributed by atoms with van der Waals surface area (Å²) in [4.78, 5) is 14.5. The fourth-order valence-corrected chi connectivity index (χ4v) is 7.79. The maximum Gasteiger partial charge on any atom is 0.410 e. The third-order valence-electron chi connectivity index (χ3n) is 6.31. The van der Waals surface area contributed by atoms with Gasteiger partial charge in [0.25, 0.3) is 10.0 Å². The first-order valence-electron chi connectivity index (χ1n) is 10.2. The standard InChI is InChI=1S/C22H24N2O4S2/c1-15-5-4-7-17-14-28-22(25)24(21(15)17)18-9-11-23(12-10-18)30(26,27)20-13-16-6-2-3-8-19(16)29-20/h2-8,13,17-18,21H,9-12,14H2,1H3. The molecule has 2 aliphatic heterocycles. The van der Waals surface area contributed by atoms with Crippen LogP contribution in [-0.2, 0) is 14.8 Å². The quantitative estimate of drug-likeness (QED) is 0.718. The van der Waals surface area contributed by atoms with Gasteiger partial charge in [-0.05, 0) is 37.3 Å². The zero-order valence-corrected chi connectivity index (χ0v) is 18.4. The first kappa shape index (κ1) is 19.8. The van der Waals surface area contributed by atoms with Crippen molar-refractivity contribution in [1.82, 2.24) is 9.21 Å². The fourth-order valence-electron chi connectivity index (χ4n) is 4.77. The minimum atomic E-state index is -3.53. The van der Waals surface area contributed by atoms with Crippen LogP contribution in [0.1, 0.15) is 19.8 Å². The van der Waals surface area contributed by atoms with Crippen LogP contribution in [-0.4, -0.2) is 55.5 Å². The van der Waals surface area contributed by atoms with E-state index in [1.165, 1.54) is 11.3 Å². The number of fused-ring (bicyclic) bond motifs is 2. The van der Waals surface area contributed by atoms with Gasteiger partial charge >= 0.3 is 6.09 Å². The fraction of sp³-hybridized carbons (Fsp3) is 0.409. The lowest BCUT2D eigenvalue weighted by Crippen LogP contribution is -2.58. The Labute approximate surface area is 180 Å². The predicted molar refractivity (Wildman–Crippen MR) is 117 cm³/mol. The molecule has 2 unspecified atom stereocenters. The Balaban J connectivity index is 1.34. The van der Waals surface area contributed by atoms with E-state index in [1.54, 1.807) is 10.4 Å². The summed E-state index contributed by atoms with van der Waals surface area (Å²) < 4.78 is 34.7. The monoisotopic (exact) mass is 444 g/mol. The van der Waals surface area contributed by atoms with E-state index in [9.17, 15) is 13.2 Å². The van der Waals surface area contributed by atoms with E-state index in [0.717, 1.165) is 15.7 Å². The van der Waals surface area contributed by atoms with E-state index >= 15 is 0 Å². The molecule has 0 saturated carbocycles. The second-order valence-corrected chi connectivity index (χ2v) is 11.4. The molecule has 6 nitrogen and oxygen atoms in total. The van der Waals surface area contributed by atoms with Gasteiger partial charge in [0.15, 0.2) is 0 Å². The van der Waals surface area contributed by atoms with Gasteiger partial charge in [-0.15, -0.1) is 11.3 Å². The number of benzene rings is 1. The van der Waals surface area contributed by atoms with E-state index in [4.69, 9.17) is 4.74 Å². The van der Waals surface area contributed by atoms with Gasteiger partial charge in [-0.25, -0.2) is 13.2 Å². The number of allylic oxidation sites excluding steroid dienone is 2. The normalized spacial score (nSPS) is 25.8. The first-order chi connectivity index (χ1) is 14.4. The van der Waals surface area contributed by atoms with Gasteiger partial charge in [0.1, 0.15) is 10.8 Å². The van der Waals surface area contributed by atoms with Crippen LogP contribution in [0.25, 0.3) is 10.1 Å². The zero-order valence-electron chi connectivity index (χ0n) is 16.7.